The Hall–Kier alpha value is -1.47. The van der Waals surface area contributed by atoms with Crippen LogP contribution in [-0.4, -0.2) is 33.6 Å². The summed E-state index contributed by atoms with van der Waals surface area (Å²) in [6.45, 7) is 1.34. The van der Waals surface area contributed by atoms with Crippen LogP contribution >= 0.6 is 23.2 Å². The van der Waals surface area contributed by atoms with Gasteiger partial charge in [-0.05, 0) is 42.7 Å². The first-order valence-electron chi connectivity index (χ1n) is 8.19. The summed E-state index contributed by atoms with van der Waals surface area (Å²) in [6.07, 6.45) is 1.65. The lowest BCUT2D eigenvalue weighted by molar-refractivity contribution is 0.0991. The van der Waals surface area contributed by atoms with E-state index in [2.05, 4.69) is 10.3 Å². The molecule has 5 nitrogen and oxygen atoms in total. The zero-order chi connectivity index (χ0) is 18.5. The number of hydrogen-bond acceptors (Lipinski definition) is 4. The summed E-state index contributed by atoms with van der Waals surface area (Å²) in [4.78, 5) is 16.2. The molecule has 0 saturated carbocycles. The van der Waals surface area contributed by atoms with Crippen molar-refractivity contribution in [2.45, 2.75) is 23.8 Å². The topological polar surface area (TPSA) is 68.3 Å². The van der Waals surface area contributed by atoms with Crippen LogP contribution in [0.2, 0.25) is 10.3 Å². The van der Waals surface area contributed by atoms with Crippen LogP contribution < -0.4 is 5.32 Å². The maximum absolute atomic E-state index is 12.5. The average molecular weight is 413 g/mol. The van der Waals surface area contributed by atoms with Gasteiger partial charge in [-0.3, -0.25) is 9.00 Å². The van der Waals surface area contributed by atoms with E-state index in [0.717, 1.165) is 18.4 Å². The minimum atomic E-state index is -0.956. The molecule has 1 aliphatic rings. The van der Waals surface area contributed by atoms with Crippen LogP contribution in [-0.2, 0) is 21.3 Å². The smallest absolute Gasteiger partial charge is 0.255 e. The largest absolute Gasteiger partial charge is 0.381 e. The van der Waals surface area contributed by atoms with Gasteiger partial charge in [0.05, 0.1) is 0 Å². The molecule has 0 aliphatic carbocycles. The molecule has 1 saturated heterocycles. The molecule has 1 N–H and O–H groups in total. The van der Waals surface area contributed by atoms with Gasteiger partial charge in [-0.25, -0.2) is 4.98 Å². The molecular weight excluding hydrogens is 395 g/mol. The second kappa shape index (κ2) is 8.95. The van der Waals surface area contributed by atoms with Gasteiger partial charge in [-0.1, -0.05) is 35.3 Å². The van der Waals surface area contributed by atoms with Gasteiger partial charge in [-0.15, -0.1) is 0 Å². The molecular formula is C18H18Cl2N2O3S. The maximum atomic E-state index is 12.5. The van der Waals surface area contributed by atoms with Gasteiger partial charge in [0.1, 0.15) is 10.3 Å². The van der Waals surface area contributed by atoms with Gasteiger partial charge in [0, 0.05) is 46.3 Å². The first-order chi connectivity index (χ1) is 12.5. The lowest BCUT2D eigenvalue weighted by Crippen LogP contribution is -2.25. The molecule has 0 radical (unpaired) electrons. The number of aromatic nitrogens is 1. The van der Waals surface area contributed by atoms with Gasteiger partial charge in [-0.2, -0.15) is 0 Å². The lowest BCUT2D eigenvalue weighted by atomic mass is 10.2. The third-order valence-electron chi connectivity index (χ3n) is 4.06. The van der Waals surface area contributed by atoms with Gasteiger partial charge < -0.3 is 10.1 Å². The molecule has 2 heterocycles. The number of carbonyl (C=O) groups is 1. The van der Waals surface area contributed by atoms with E-state index >= 15 is 0 Å². The van der Waals surface area contributed by atoms with Crippen molar-refractivity contribution in [3.8, 4) is 0 Å². The maximum Gasteiger partial charge on any atom is 0.255 e. The minimum absolute atomic E-state index is 0.156. The monoisotopic (exact) mass is 412 g/mol. The molecule has 8 heteroatoms. The van der Waals surface area contributed by atoms with Crippen molar-refractivity contribution in [2.75, 3.05) is 18.5 Å². The number of halogens is 2. The summed E-state index contributed by atoms with van der Waals surface area (Å²) >= 11 is 11.7. The van der Waals surface area contributed by atoms with E-state index < -0.39 is 10.8 Å². The van der Waals surface area contributed by atoms with E-state index in [1.165, 1.54) is 12.1 Å². The summed E-state index contributed by atoms with van der Waals surface area (Å²) in [6, 6.07) is 10.3. The summed E-state index contributed by atoms with van der Waals surface area (Å²) in [5.74, 6) is 0.125. The zero-order valence-electron chi connectivity index (χ0n) is 13.9. The van der Waals surface area contributed by atoms with Crippen molar-refractivity contribution in [3.63, 3.8) is 0 Å². The van der Waals surface area contributed by atoms with Gasteiger partial charge >= 0.3 is 0 Å². The molecule has 1 fully saturated rings. The van der Waals surface area contributed by atoms with Crippen molar-refractivity contribution < 1.29 is 13.7 Å². The average Bonchev–Trinajstić information content (AvgIpc) is 2.62. The highest BCUT2D eigenvalue weighted by molar-refractivity contribution is 7.84. The second-order valence-corrected chi connectivity index (χ2v) is 8.48. The van der Waals surface area contributed by atoms with Gasteiger partial charge in [0.15, 0.2) is 0 Å². The number of carbonyl (C=O) groups excluding carboxylic acids is 1. The van der Waals surface area contributed by atoms with E-state index in [0.29, 0.717) is 30.2 Å². The summed E-state index contributed by atoms with van der Waals surface area (Å²) in [5.41, 5.74) is 1.87. The molecule has 0 spiro atoms. The third kappa shape index (κ3) is 5.27. The predicted molar refractivity (Wildman–Crippen MR) is 104 cm³/mol. The fourth-order valence-electron chi connectivity index (χ4n) is 2.76. The van der Waals surface area contributed by atoms with Crippen LogP contribution in [0.4, 0.5) is 5.69 Å². The Kier molecular flexibility index (Phi) is 6.64. The van der Waals surface area contributed by atoms with Gasteiger partial charge in [0.25, 0.3) is 5.91 Å². The van der Waals surface area contributed by atoms with Crippen molar-refractivity contribution in [3.05, 3.63) is 57.8 Å². The first-order valence-corrected chi connectivity index (χ1v) is 10.3. The quantitative estimate of drug-likeness (QED) is 0.751. The summed E-state index contributed by atoms with van der Waals surface area (Å²) in [5, 5.41) is 3.28. The Morgan fingerprint density at radius 3 is 2.58 bits per heavy atom. The summed E-state index contributed by atoms with van der Waals surface area (Å²) in [7, 11) is -0.956. The van der Waals surface area contributed by atoms with Crippen molar-refractivity contribution in [1.29, 1.82) is 0 Å². The van der Waals surface area contributed by atoms with Crippen LogP contribution in [0.25, 0.3) is 0 Å². The highest BCUT2D eigenvalue weighted by Gasteiger charge is 2.20. The van der Waals surface area contributed by atoms with E-state index in [9.17, 15) is 9.00 Å². The number of nitrogens with zero attached hydrogens (tertiary/aromatic N) is 1. The van der Waals surface area contributed by atoms with E-state index in [-0.39, 0.29) is 21.5 Å². The van der Waals surface area contributed by atoms with Crippen LogP contribution in [0, 0.1) is 0 Å². The number of benzene rings is 1. The molecule has 0 bridgehead atoms. The highest BCUT2D eigenvalue weighted by atomic mass is 35.5. The molecule has 1 aliphatic heterocycles. The van der Waals surface area contributed by atoms with Crippen LogP contribution in [0.5, 0.6) is 0 Å². The molecule has 3 rings (SSSR count). The van der Waals surface area contributed by atoms with E-state index in [4.69, 9.17) is 27.9 Å². The van der Waals surface area contributed by atoms with Crippen LogP contribution in [0.1, 0.15) is 28.8 Å². The fourth-order valence-corrected chi connectivity index (χ4v) is 4.68. The number of hydrogen-bond donors (Lipinski definition) is 1. The lowest BCUT2D eigenvalue weighted by Gasteiger charge is -2.21. The number of rotatable bonds is 5. The molecule has 1 unspecified atom stereocenters. The van der Waals surface area contributed by atoms with Gasteiger partial charge in [0.2, 0.25) is 0 Å². The number of pyridine rings is 1. The molecule has 138 valence electrons. The highest BCUT2D eigenvalue weighted by Crippen LogP contribution is 2.20. The SMILES string of the molecule is O=C(Nc1cccc(CS(=O)C2CCOCC2)c1)c1cc(Cl)nc(Cl)c1. The Labute approximate surface area is 164 Å². The normalized spacial score (nSPS) is 16.2. The standard InChI is InChI=1S/C18H18Cl2N2O3S/c19-16-9-13(10-17(20)22-16)18(23)21-14-3-1-2-12(8-14)11-26(24)15-4-6-25-7-5-15/h1-3,8-10,15H,4-7,11H2,(H,21,23). The molecule has 1 atom stereocenters. The fraction of sp³-hybridized carbons (Fsp3) is 0.333. The number of nitrogens with one attached hydrogen (secondary N) is 1. The Morgan fingerprint density at radius 2 is 1.88 bits per heavy atom. The second-order valence-electron chi connectivity index (χ2n) is 5.99. The third-order valence-corrected chi connectivity index (χ3v) is 6.28. The van der Waals surface area contributed by atoms with Crippen molar-refractivity contribution in [1.82, 2.24) is 4.98 Å². The number of ether oxygens (including phenoxy) is 1. The number of amides is 1. The van der Waals surface area contributed by atoms with Crippen LogP contribution in [0.3, 0.4) is 0 Å². The Bertz CT molecular complexity index is 806. The molecule has 1 amide bonds. The first kappa shape index (κ1) is 19.3. The molecule has 26 heavy (non-hydrogen) atoms. The van der Waals surface area contributed by atoms with E-state index in [1.807, 2.05) is 18.2 Å². The number of anilines is 1. The Balaban J connectivity index is 1.66. The summed E-state index contributed by atoms with van der Waals surface area (Å²) < 4.78 is 17.8. The minimum Gasteiger partial charge on any atom is -0.381 e. The molecule has 2 aromatic rings. The van der Waals surface area contributed by atoms with E-state index in [1.54, 1.807) is 6.07 Å². The Morgan fingerprint density at radius 1 is 1.19 bits per heavy atom. The van der Waals surface area contributed by atoms with Crippen molar-refractivity contribution >= 4 is 45.6 Å². The predicted octanol–water partition coefficient (Wildman–Crippen LogP) is 4.07. The molecule has 1 aromatic heterocycles. The zero-order valence-corrected chi connectivity index (χ0v) is 16.2. The van der Waals surface area contributed by atoms with Crippen LogP contribution in [0.15, 0.2) is 36.4 Å². The molecule has 1 aromatic carbocycles. The van der Waals surface area contributed by atoms with Crippen molar-refractivity contribution in [2.24, 2.45) is 0 Å².